The number of allylic oxidation sites excluding steroid dienone is 1. The molecule has 2 nitrogen and oxygen atoms in total. The van der Waals surface area contributed by atoms with E-state index in [-0.39, 0.29) is 5.41 Å². The molecule has 0 aromatic heterocycles. The molecule has 0 atom stereocenters. The third-order valence-electron chi connectivity index (χ3n) is 1.50. The lowest BCUT2D eigenvalue weighted by molar-refractivity contribution is -0.349. The molecule has 52 valence electrons. The average Bonchev–Trinajstić information content (AvgIpc) is 2.48. The van der Waals surface area contributed by atoms with Crippen LogP contribution >= 0.6 is 12.6 Å². The Labute approximate surface area is 59.6 Å². The number of hydrogen-bond donors (Lipinski definition) is 2. The Morgan fingerprint density at radius 2 is 2.33 bits per heavy atom. The van der Waals surface area contributed by atoms with Crippen molar-refractivity contribution in [3.8, 4) is 0 Å². The van der Waals surface area contributed by atoms with Crippen LogP contribution in [0.5, 0.6) is 0 Å². The first-order chi connectivity index (χ1) is 4.18. The normalized spacial score (nSPS) is 23.9. The fraction of sp³-hybridized carbons (Fsp3) is 0.500. The van der Waals surface area contributed by atoms with Gasteiger partial charge in [-0.1, -0.05) is 18.9 Å². The summed E-state index contributed by atoms with van der Waals surface area (Å²) in [5.41, 5.74) is -0.172. The summed E-state index contributed by atoms with van der Waals surface area (Å²) in [7, 11) is 0. The maximum atomic E-state index is 10.1. The average molecular weight is 144 g/mol. The van der Waals surface area contributed by atoms with E-state index in [2.05, 4.69) is 12.6 Å². The van der Waals surface area contributed by atoms with Gasteiger partial charge < -0.3 is 22.8 Å². The van der Waals surface area contributed by atoms with Crippen LogP contribution in [-0.2, 0) is 0 Å². The van der Waals surface area contributed by atoms with Crippen LogP contribution in [0.1, 0.15) is 12.8 Å². The van der Waals surface area contributed by atoms with E-state index in [0.29, 0.717) is 0 Å². The Balaban J connectivity index is 2.51. The molecule has 0 saturated heterocycles. The van der Waals surface area contributed by atoms with E-state index < -0.39 is 5.95 Å². The molecule has 0 bridgehead atoms. The molecule has 1 aliphatic carbocycles. The number of hydrogen-bond acceptors (Lipinski definition) is 3. The number of rotatable bonds is 2. The molecular formula is C6H8O2S-2. The minimum atomic E-state index is -0.849. The van der Waals surface area contributed by atoms with Crippen molar-refractivity contribution in [3.63, 3.8) is 0 Å². The van der Waals surface area contributed by atoms with Gasteiger partial charge in [-0.2, -0.15) is 0 Å². The zero-order valence-corrected chi connectivity index (χ0v) is 5.77. The van der Waals surface area contributed by atoms with Gasteiger partial charge in [0.05, 0.1) is 0 Å². The van der Waals surface area contributed by atoms with E-state index in [1.165, 1.54) is 6.08 Å². The van der Waals surface area contributed by atoms with Crippen molar-refractivity contribution in [1.82, 2.24) is 0 Å². The lowest BCUT2D eigenvalue weighted by Gasteiger charge is -2.16. The van der Waals surface area contributed by atoms with Crippen molar-refractivity contribution in [1.29, 1.82) is 0 Å². The highest BCUT2D eigenvalue weighted by molar-refractivity contribution is 7.82. The summed E-state index contributed by atoms with van der Waals surface area (Å²) in [6.07, 6.45) is 3.17. The van der Waals surface area contributed by atoms with Crippen LogP contribution in [-0.4, -0.2) is 5.11 Å². The monoisotopic (exact) mass is 144 g/mol. The molecule has 9 heavy (non-hydrogen) atoms. The summed E-state index contributed by atoms with van der Waals surface area (Å²) in [6, 6.07) is 0. The number of aliphatic hydroxyl groups is 1. The predicted octanol–water partition coefficient (Wildman–Crippen LogP) is 0.618. The molecule has 1 N–H and O–H groups in total. The van der Waals surface area contributed by atoms with Gasteiger partial charge in [-0.05, 0) is 0 Å². The van der Waals surface area contributed by atoms with Crippen molar-refractivity contribution in [2.75, 3.05) is 0 Å². The highest BCUT2D eigenvalue weighted by Gasteiger charge is 2.29. The second kappa shape index (κ2) is 2.14. The predicted molar refractivity (Wildman–Crippen MR) is 35.7 cm³/mol. The molecule has 1 fully saturated rings. The second-order valence-electron chi connectivity index (χ2n) is 2.34. The summed E-state index contributed by atoms with van der Waals surface area (Å²) in [5, 5.41) is 18.4. The molecule has 3 heteroatoms. The van der Waals surface area contributed by atoms with Crippen LogP contribution in [0.4, 0.5) is 0 Å². The van der Waals surface area contributed by atoms with Crippen molar-refractivity contribution < 1.29 is 10.2 Å². The first-order valence-corrected chi connectivity index (χ1v) is 3.28. The van der Waals surface area contributed by atoms with Crippen molar-refractivity contribution in [2.45, 2.75) is 12.8 Å². The summed E-state index contributed by atoms with van der Waals surface area (Å²) in [5.74, 6) is 0.805. The van der Waals surface area contributed by atoms with E-state index >= 15 is 0 Å². The van der Waals surface area contributed by atoms with E-state index in [1.54, 1.807) is 5.75 Å². The molecule has 1 saturated carbocycles. The van der Waals surface area contributed by atoms with Gasteiger partial charge in [0.2, 0.25) is 0 Å². The minimum Gasteiger partial charge on any atom is -0.629 e. The Morgan fingerprint density at radius 1 is 1.78 bits per heavy atom. The van der Waals surface area contributed by atoms with E-state index in [1.807, 2.05) is 0 Å². The number of thiol groups is 1. The van der Waals surface area contributed by atoms with Crippen LogP contribution in [0.15, 0.2) is 12.0 Å². The van der Waals surface area contributed by atoms with Crippen LogP contribution in [0.3, 0.4) is 0 Å². The smallest absolute Gasteiger partial charge is 0.0420 e. The zero-order chi connectivity index (χ0) is 6.91. The molecule has 0 aromatic carbocycles. The molecule has 1 aliphatic rings. The van der Waals surface area contributed by atoms with Gasteiger partial charge in [0.1, 0.15) is 0 Å². The Hall–Kier alpha value is -0.310. The van der Waals surface area contributed by atoms with Gasteiger partial charge in [-0.3, -0.25) is 5.75 Å². The second-order valence-corrected chi connectivity index (χ2v) is 2.60. The Kier molecular flexibility index (Phi) is 1.62. The molecule has 1 rings (SSSR count). The topological polar surface area (TPSA) is 43.3 Å². The fourth-order valence-corrected chi connectivity index (χ4v) is 1.03. The highest BCUT2D eigenvalue weighted by atomic mass is 32.1. The van der Waals surface area contributed by atoms with Crippen molar-refractivity contribution >= 4 is 12.6 Å². The standard InChI is InChI=1S/C6H9O2S/c7-5(8)3-6(4-9)1-2-6/h3-4,7-9H,1-2H2/q-1/p-1. The highest BCUT2D eigenvalue weighted by Crippen LogP contribution is 2.50. The third-order valence-corrected chi connectivity index (χ3v) is 2.01. The van der Waals surface area contributed by atoms with Crippen LogP contribution < -0.4 is 5.11 Å². The molecule has 0 heterocycles. The largest absolute Gasteiger partial charge is 0.629 e. The van der Waals surface area contributed by atoms with Gasteiger partial charge in [0.25, 0.3) is 0 Å². The van der Waals surface area contributed by atoms with E-state index in [9.17, 15) is 5.11 Å². The van der Waals surface area contributed by atoms with Crippen molar-refractivity contribution in [2.24, 2.45) is 5.41 Å². The van der Waals surface area contributed by atoms with Gasteiger partial charge in [-0.15, -0.1) is 5.41 Å². The van der Waals surface area contributed by atoms with Gasteiger partial charge in [0, 0.05) is 5.95 Å². The lowest BCUT2D eigenvalue weighted by Crippen LogP contribution is -2.05. The number of aliphatic hydroxyl groups excluding tert-OH is 1. The van der Waals surface area contributed by atoms with E-state index in [0.717, 1.165) is 12.8 Å². The summed E-state index contributed by atoms with van der Waals surface area (Å²) >= 11 is 3.92. The van der Waals surface area contributed by atoms with Crippen LogP contribution in [0.25, 0.3) is 0 Å². The molecule has 0 unspecified atom stereocenters. The van der Waals surface area contributed by atoms with Crippen LogP contribution in [0.2, 0.25) is 0 Å². The maximum absolute atomic E-state index is 10.1. The quantitative estimate of drug-likeness (QED) is 0.339. The Morgan fingerprint density at radius 3 is 2.44 bits per heavy atom. The van der Waals surface area contributed by atoms with Crippen molar-refractivity contribution in [3.05, 3.63) is 17.8 Å². The third kappa shape index (κ3) is 1.55. The summed E-state index contributed by atoms with van der Waals surface area (Å²) < 4.78 is 0. The summed E-state index contributed by atoms with van der Waals surface area (Å²) in [6.45, 7) is 0. The fourth-order valence-electron chi connectivity index (χ4n) is 0.701. The first-order valence-electron chi connectivity index (χ1n) is 2.76. The van der Waals surface area contributed by atoms with Crippen LogP contribution in [0, 0.1) is 11.2 Å². The Bertz CT molecular complexity index is 134. The SMILES string of the molecule is [O-]/C(O)=C/C1([CH-]S)CC1. The van der Waals surface area contributed by atoms with Gasteiger partial charge >= 0.3 is 0 Å². The maximum Gasteiger partial charge on any atom is 0.0420 e. The molecule has 0 spiro atoms. The van der Waals surface area contributed by atoms with Gasteiger partial charge in [0.15, 0.2) is 0 Å². The molecule has 0 radical (unpaired) electrons. The summed E-state index contributed by atoms with van der Waals surface area (Å²) in [4.78, 5) is 0. The lowest BCUT2D eigenvalue weighted by atomic mass is 10.1. The molecule has 0 amide bonds. The first kappa shape index (κ1) is 6.81. The minimum absolute atomic E-state index is 0.172. The molecule has 0 aliphatic heterocycles. The zero-order valence-electron chi connectivity index (χ0n) is 4.87. The van der Waals surface area contributed by atoms with E-state index in [4.69, 9.17) is 5.11 Å². The molecular weight excluding hydrogens is 136 g/mol. The van der Waals surface area contributed by atoms with Gasteiger partial charge in [-0.25, -0.2) is 0 Å². The molecule has 0 aromatic rings.